The molecule has 0 aromatic carbocycles. The fourth-order valence-corrected chi connectivity index (χ4v) is 1.93. The molecule has 0 unspecified atom stereocenters. The van der Waals surface area contributed by atoms with Crippen molar-refractivity contribution >= 4 is 0 Å². The molecule has 0 aromatic rings. The topological polar surface area (TPSA) is 18.5 Å². The molecule has 0 spiro atoms. The third kappa shape index (κ3) is 2.96. The predicted molar refractivity (Wildman–Crippen MR) is 53.5 cm³/mol. The highest BCUT2D eigenvalue weighted by molar-refractivity contribution is 4.84. The largest absolute Gasteiger partial charge is 0.359 e. The fraction of sp³-hybridized carbons (Fsp3) is 1.00. The minimum atomic E-state index is 0.419. The van der Waals surface area contributed by atoms with Gasteiger partial charge in [-0.05, 0) is 30.6 Å². The van der Waals surface area contributed by atoms with Crippen molar-refractivity contribution < 1.29 is 9.47 Å². The molecule has 0 amide bonds. The van der Waals surface area contributed by atoms with Gasteiger partial charge in [0.25, 0.3) is 0 Å². The molecule has 1 fully saturated rings. The van der Waals surface area contributed by atoms with Crippen molar-refractivity contribution in [1.29, 1.82) is 0 Å². The van der Waals surface area contributed by atoms with E-state index in [0.717, 1.165) is 5.92 Å². The molecule has 13 heavy (non-hydrogen) atoms. The van der Waals surface area contributed by atoms with Crippen molar-refractivity contribution in [2.75, 3.05) is 13.9 Å². The summed E-state index contributed by atoms with van der Waals surface area (Å²) in [5.74, 6) is 0.753. The Morgan fingerprint density at radius 3 is 2.62 bits per heavy atom. The van der Waals surface area contributed by atoms with Crippen LogP contribution in [0.25, 0.3) is 0 Å². The van der Waals surface area contributed by atoms with E-state index in [4.69, 9.17) is 9.47 Å². The standard InChI is InChI=1S/C11H22O2/c1-9-7-10(13-8-12-4)5-6-11(9,2)3/h9-10H,5-8H2,1-4H3/t9-,10-/m0/s1. The lowest BCUT2D eigenvalue weighted by molar-refractivity contribution is -0.101. The van der Waals surface area contributed by atoms with Crippen LogP contribution in [0.3, 0.4) is 0 Å². The molecule has 1 rings (SSSR count). The Balaban J connectivity index is 2.33. The highest BCUT2D eigenvalue weighted by Crippen LogP contribution is 2.40. The highest BCUT2D eigenvalue weighted by atomic mass is 16.7. The van der Waals surface area contributed by atoms with E-state index in [9.17, 15) is 0 Å². The van der Waals surface area contributed by atoms with Crippen molar-refractivity contribution in [3.63, 3.8) is 0 Å². The quantitative estimate of drug-likeness (QED) is 0.631. The molecule has 1 aliphatic rings. The summed E-state index contributed by atoms with van der Waals surface area (Å²) in [6, 6.07) is 0. The summed E-state index contributed by atoms with van der Waals surface area (Å²) >= 11 is 0. The van der Waals surface area contributed by atoms with Gasteiger partial charge in [0.15, 0.2) is 0 Å². The maximum atomic E-state index is 5.57. The number of rotatable bonds is 3. The minimum Gasteiger partial charge on any atom is -0.359 e. The van der Waals surface area contributed by atoms with E-state index in [2.05, 4.69) is 20.8 Å². The van der Waals surface area contributed by atoms with Crippen molar-refractivity contribution in [3.8, 4) is 0 Å². The molecular formula is C11H22O2. The number of ether oxygens (including phenoxy) is 2. The Hall–Kier alpha value is -0.0800. The normalized spacial score (nSPS) is 33.2. The van der Waals surface area contributed by atoms with Crippen LogP contribution in [0.1, 0.15) is 40.0 Å². The van der Waals surface area contributed by atoms with Gasteiger partial charge in [-0.1, -0.05) is 20.8 Å². The Bertz CT molecular complexity index is 154. The zero-order valence-electron chi connectivity index (χ0n) is 9.30. The first-order valence-corrected chi connectivity index (χ1v) is 5.17. The van der Waals surface area contributed by atoms with Crippen molar-refractivity contribution in [2.24, 2.45) is 11.3 Å². The van der Waals surface area contributed by atoms with Crippen LogP contribution in [-0.4, -0.2) is 20.0 Å². The third-order valence-corrected chi connectivity index (χ3v) is 3.48. The van der Waals surface area contributed by atoms with Crippen LogP contribution in [0.15, 0.2) is 0 Å². The van der Waals surface area contributed by atoms with Crippen molar-refractivity contribution in [2.45, 2.75) is 46.1 Å². The van der Waals surface area contributed by atoms with Crippen LogP contribution < -0.4 is 0 Å². The van der Waals surface area contributed by atoms with Crippen molar-refractivity contribution in [1.82, 2.24) is 0 Å². The van der Waals surface area contributed by atoms with Gasteiger partial charge in [0.05, 0.1) is 6.10 Å². The average molecular weight is 186 g/mol. The molecule has 0 aliphatic heterocycles. The smallest absolute Gasteiger partial charge is 0.146 e. The maximum absolute atomic E-state index is 5.57. The Kier molecular flexibility index (Phi) is 3.74. The zero-order valence-corrected chi connectivity index (χ0v) is 9.30. The van der Waals surface area contributed by atoms with Gasteiger partial charge in [0.2, 0.25) is 0 Å². The summed E-state index contributed by atoms with van der Waals surface area (Å²) in [6.45, 7) is 7.47. The molecule has 1 aliphatic carbocycles. The summed E-state index contributed by atoms with van der Waals surface area (Å²) in [4.78, 5) is 0. The molecule has 0 N–H and O–H groups in total. The summed E-state index contributed by atoms with van der Waals surface area (Å²) in [7, 11) is 1.68. The van der Waals surface area contributed by atoms with Gasteiger partial charge in [-0.25, -0.2) is 0 Å². The zero-order chi connectivity index (χ0) is 9.90. The van der Waals surface area contributed by atoms with Gasteiger partial charge in [-0.15, -0.1) is 0 Å². The average Bonchev–Trinajstić information content (AvgIpc) is 2.07. The van der Waals surface area contributed by atoms with E-state index in [0.29, 0.717) is 18.3 Å². The van der Waals surface area contributed by atoms with Crippen LogP contribution >= 0.6 is 0 Å². The summed E-state index contributed by atoms with van der Waals surface area (Å²) in [6.07, 6.45) is 4.04. The predicted octanol–water partition coefficient (Wildman–Crippen LogP) is 2.82. The van der Waals surface area contributed by atoms with Crippen LogP contribution in [0.5, 0.6) is 0 Å². The number of methoxy groups -OCH3 is 1. The maximum Gasteiger partial charge on any atom is 0.146 e. The van der Waals surface area contributed by atoms with Gasteiger partial charge in [-0.3, -0.25) is 0 Å². The van der Waals surface area contributed by atoms with Gasteiger partial charge in [0.1, 0.15) is 6.79 Å². The van der Waals surface area contributed by atoms with E-state index in [1.807, 2.05) is 0 Å². The van der Waals surface area contributed by atoms with E-state index in [1.165, 1.54) is 19.3 Å². The monoisotopic (exact) mass is 186 g/mol. The lowest BCUT2D eigenvalue weighted by atomic mass is 9.69. The van der Waals surface area contributed by atoms with Crippen molar-refractivity contribution in [3.05, 3.63) is 0 Å². The van der Waals surface area contributed by atoms with E-state index < -0.39 is 0 Å². The fourth-order valence-electron chi connectivity index (χ4n) is 1.93. The molecular weight excluding hydrogens is 164 g/mol. The molecule has 0 bridgehead atoms. The first kappa shape index (κ1) is 11.0. The van der Waals surface area contributed by atoms with Gasteiger partial charge < -0.3 is 9.47 Å². The second-order valence-electron chi connectivity index (χ2n) is 4.86. The molecule has 0 heterocycles. The van der Waals surface area contributed by atoms with Crippen LogP contribution in [0.4, 0.5) is 0 Å². The molecule has 0 aromatic heterocycles. The van der Waals surface area contributed by atoms with Gasteiger partial charge in [0, 0.05) is 7.11 Å². The molecule has 2 nitrogen and oxygen atoms in total. The lowest BCUT2D eigenvalue weighted by Crippen LogP contribution is -2.34. The Morgan fingerprint density at radius 1 is 1.38 bits per heavy atom. The Morgan fingerprint density at radius 2 is 2.08 bits per heavy atom. The Labute approximate surface area is 81.6 Å². The minimum absolute atomic E-state index is 0.419. The van der Waals surface area contributed by atoms with Gasteiger partial charge in [-0.2, -0.15) is 0 Å². The lowest BCUT2D eigenvalue weighted by Gasteiger charge is -2.40. The SMILES string of the molecule is COCO[C@H]1CCC(C)(C)[C@@H](C)C1. The second kappa shape index (κ2) is 4.43. The van der Waals surface area contributed by atoms with E-state index >= 15 is 0 Å². The molecule has 0 saturated heterocycles. The summed E-state index contributed by atoms with van der Waals surface area (Å²) in [5.41, 5.74) is 0.493. The second-order valence-corrected chi connectivity index (χ2v) is 4.86. The summed E-state index contributed by atoms with van der Waals surface area (Å²) in [5, 5.41) is 0. The van der Waals surface area contributed by atoms with Gasteiger partial charge >= 0.3 is 0 Å². The number of hydrogen-bond donors (Lipinski definition) is 0. The van der Waals surface area contributed by atoms with Crippen LogP contribution in [0.2, 0.25) is 0 Å². The summed E-state index contributed by atoms with van der Waals surface area (Å²) < 4.78 is 10.5. The first-order chi connectivity index (χ1) is 6.06. The first-order valence-electron chi connectivity index (χ1n) is 5.17. The van der Waals surface area contributed by atoms with E-state index in [1.54, 1.807) is 7.11 Å². The van der Waals surface area contributed by atoms with E-state index in [-0.39, 0.29) is 0 Å². The third-order valence-electron chi connectivity index (χ3n) is 3.48. The molecule has 1 saturated carbocycles. The molecule has 2 heteroatoms. The number of hydrogen-bond acceptors (Lipinski definition) is 2. The highest BCUT2D eigenvalue weighted by Gasteiger charge is 2.33. The molecule has 0 radical (unpaired) electrons. The van der Waals surface area contributed by atoms with Crippen LogP contribution in [-0.2, 0) is 9.47 Å². The molecule has 2 atom stereocenters. The molecule has 78 valence electrons. The van der Waals surface area contributed by atoms with Crippen LogP contribution in [0, 0.1) is 11.3 Å².